The summed E-state index contributed by atoms with van der Waals surface area (Å²) < 4.78 is 19.9. The van der Waals surface area contributed by atoms with Gasteiger partial charge in [0.2, 0.25) is 0 Å². The molecule has 3 rings (SSSR count). The summed E-state index contributed by atoms with van der Waals surface area (Å²) in [5, 5.41) is 0.574. The Morgan fingerprint density at radius 2 is 1.92 bits per heavy atom. The van der Waals surface area contributed by atoms with Gasteiger partial charge < -0.3 is 9.64 Å². The van der Waals surface area contributed by atoms with E-state index >= 15 is 0 Å². The average molecular weight is 363 g/mol. The van der Waals surface area contributed by atoms with Gasteiger partial charge in [0, 0.05) is 18.8 Å². The van der Waals surface area contributed by atoms with Gasteiger partial charge in [-0.2, -0.15) is 0 Å². The minimum atomic E-state index is -0.635. The van der Waals surface area contributed by atoms with Crippen LogP contribution in [0.4, 0.5) is 4.39 Å². The topological polar surface area (TPSA) is 64.4 Å². The number of carbonyl (C=O) groups is 2. The smallest absolute Gasteiger partial charge is 0.357 e. The van der Waals surface area contributed by atoms with Gasteiger partial charge in [-0.25, -0.2) is 14.2 Å². The molecule has 2 heterocycles. The molecule has 0 aliphatic carbocycles. The largest absolute Gasteiger partial charge is 0.451 e. The van der Waals surface area contributed by atoms with Crippen molar-refractivity contribution in [1.29, 1.82) is 0 Å². The van der Waals surface area contributed by atoms with E-state index in [-0.39, 0.29) is 24.0 Å². The zero-order valence-electron chi connectivity index (χ0n) is 13.8. The van der Waals surface area contributed by atoms with Crippen LogP contribution in [0.2, 0.25) is 0 Å². The summed E-state index contributed by atoms with van der Waals surface area (Å²) >= 11 is 1.35. The van der Waals surface area contributed by atoms with Crippen LogP contribution in [-0.2, 0) is 9.53 Å². The van der Waals surface area contributed by atoms with Crippen molar-refractivity contribution < 1.29 is 18.7 Å². The number of benzene rings is 1. The summed E-state index contributed by atoms with van der Waals surface area (Å²) in [6, 6.07) is 5.74. The molecular formula is C17H18FN3O3S. The fourth-order valence-corrected chi connectivity index (χ4v) is 3.27. The average Bonchev–Trinajstić information content (AvgIpc) is 3.29. The molecular weight excluding hydrogens is 345 g/mol. The number of halogens is 1. The minimum Gasteiger partial charge on any atom is -0.451 e. The lowest BCUT2D eigenvalue weighted by atomic mass is 10.3. The summed E-state index contributed by atoms with van der Waals surface area (Å²) in [6.07, 6.45) is 5.19. The molecule has 1 aliphatic heterocycles. The quantitative estimate of drug-likeness (QED) is 0.603. The molecule has 1 aliphatic rings. The number of hydrogen-bond acceptors (Lipinski definition) is 5. The molecule has 25 heavy (non-hydrogen) atoms. The molecule has 0 spiro atoms. The van der Waals surface area contributed by atoms with Crippen LogP contribution in [0.5, 0.6) is 0 Å². The predicted octanol–water partition coefficient (Wildman–Crippen LogP) is 2.51. The standard InChI is InChI=1S/C17H18FN3O3S/c1-25-17-19-10-14(21(17)13-6-4-12(18)5-7-13)16(23)24-11-15(22)20-8-2-3-9-20/h4-7,10H,2-3,8-9,11H2,1H3. The number of likely N-dealkylation sites (tertiary alicyclic amines) is 1. The normalized spacial score (nSPS) is 13.9. The van der Waals surface area contributed by atoms with Crippen LogP contribution >= 0.6 is 11.8 Å². The Morgan fingerprint density at radius 1 is 1.24 bits per heavy atom. The number of thioether (sulfide) groups is 1. The van der Waals surface area contributed by atoms with Crippen molar-refractivity contribution in [2.24, 2.45) is 0 Å². The molecule has 1 aromatic heterocycles. The molecule has 1 saturated heterocycles. The summed E-state index contributed by atoms with van der Waals surface area (Å²) in [4.78, 5) is 30.3. The van der Waals surface area contributed by atoms with E-state index in [1.54, 1.807) is 21.6 Å². The van der Waals surface area contributed by atoms with Gasteiger partial charge in [0.1, 0.15) is 5.82 Å². The molecule has 0 N–H and O–H groups in total. The van der Waals surface area contributed by atoms with Crippen molar-refractivity contribution >= 4 is 23.6 Å². The molecule has 1 aromatic carbocycles. The lowest BCUT2D eigenvalue weighted by Gasteiger charge is -2.15. The van der Waals surface area contributed by atoms with Crippen LogP contribution in [-0.4, -0.2) is 52.3 Å². The summed E-state index contributed by atoms with van der Waals surface area (Å²) in [6.45, 7) is 1.13. The Hall–Kier alpha value is -2.35. The molecule has 132 valence electrons. The van der Waals surface area contributed by atoms with Crippen molar-refractivity contribution in [3.8, 4) is 5.69 Å². The number of amides is 1. The van der Waals surface area contributed by atoms with Gasteiger partial charge in [-0.15, -0.1) is 0 Å². The van der Waals surface area contributed by atoms with E-state index in [1.807, 2.05) is 6.26 Å². The van der Waals surface area contributed by atoms with Gasteiger partial charge in [0.05, 0.1) is 6.20 Å². The first-order chi connectivity index (χ1) is 12.1. The van der Waals surface area contributed by atoms with E-state index in [4.69, 9.17) is 4.74 Å². The van der Waals surface area contributed by atoms with Crippen LogP contribution in [0.1, 0.15) is 23.3 Å². The lowest BCUT2D eigenvalue weighted by Crippen LogP contribution is -2.32. The van der Waals surface area contributed by atoms with Gasteiger partial charge in [0.25, 0.3) is 5.91 Å². The maximum absolute atomic E-state index is 13.2. The van der Waals surface area contributed by atoms with Crippen molar-refractivity contribution in [2.75, 3.05) is 26.0 Å². The van der Waals surface area contributed by atoms with E-state index < -0.39 is 5.97 Å². The number of hydrogen-bond donors (Lipinski definition) is 0. The molecule has 1 fully saturated rings. The van der Waals surface area contributed by atoms with Crippen molar-refractivity contribution in [3.05, 3.63) is 42.0 Å². The van der Waals surface area contributed by atoms with Crippen LogP contribution < -0.4 is 0 Å². The first-order valence-corrected chi connectivity index (χ1v) is 9.15. The first-order valence-electron chi connectivity index (χ1n) is 7.92. The Balaban J connectivity index is 1.77. The van der Waals surface area contributed by atoms with Crippen molar-refractivity contribution in [2.45, 2.75) is 18.0 Å². The van der Waals surface area contributed by atoms with Gasteiger partial charge in [-0.3, -0.25) is 9.36 Å². The van der Waals surface area contributed by atoms with E-state index in [0.29, 0.717) is 23.9 Å². The molecule has 8 heteroatoms. The maximum atomic E-state index is 13.2. The highest BCUT2D eigenvalue weighted by Gasteiger charge is 2.22. The zero-order chi connectivity index (χ0) is 17.8. The third-order valence-electron chi connectivity index (χ3n) is 3.99. The summed E-state index contributed by atoms with van der Waals surface area (Å²) in [5.41, 5.74) is 0.797. The third-order valence-corrected chi connectivity index (χ3v) is 4.64. The summed E-state index contributed by atoms with van der Waals surface area (Å²) in [5.74, 6) is -1.19. The highest BCUT2D eigenvalue weighted by molar-refractivity contribution is 7.98. The molecule has 0 atom stereocenters. The molecule has 2 aromatic rings. The number of aromatic nitrogens is 2. The number of imidazole rings is 1. The first kappa shape index (κ1) is 17.5. The summed E-state index contributed by atoms with van der Waals surface area (Å²) in [7, 11) is 0. The van der Waals surface area contributed by atoms with E-state index in [0.717, 1.165) is 12.8 Å². The highest BCUT2D eigenvalue weighted by atomic mass is 32.2. The molecule has 1 amide bonds. The molecule has 6 nitrogen and oxygen atoms in total. The second-order valence-corrected chi connectivity index (χ2v) is 6.38. The second kappa shape index (κ2) is 7.69. The molecule has 0 saturated carbocycles. The Bertz CT molecular complexity index is 770. The van der Waals surface area contributed by atoms with Gasteiger partial charge in [-0.1, -0.05) is 11.8 Å². The predicted molar refractivity (Wildman–Crippen MR) is 91.4 cm³/mol. The van der Waals surface area contributed by atoms with E-state index in [2.05, 4.69) is 4.98 Å². The second-order valence-electron chi connectivity index (χ2n) is 5.61. The maximum Gasteiger partial charge on any atom is 0.357 e. The van der Waals surface area contributed by atoms with Crippen LogP contribution in [0, 0.1) is 5.82 Å². The fourth-order valence-electron chi connectivity index (χ4n) is 2.72. The van der Waals surface area contributed by atoms with E-state index in [1.165, 1.54) is 30.1 Å². The number of esters is 1. The van der Waals surface area contributed by atoms with Gasteiger partial charge in [-0.05, 0) is 43.4 Å². The van der Waals surface area contributed by atoms with Gasteiger partial charge >= 0.3 is 5.97 Å². The van der Waals surface area contributed by atoms with Crippen molar-refractivity contribution in [3.63, 3.8) is 0 Å². The molecule has 0 radical (unpaired) electrons. The molecule has 0 bridgehead atoms. The number of rotatable bonds is 5. The SMILES string of the molecule is CSc1ncc(C(=O)OCC(=O)N2CCCC2)n1-c1ccc(F)cc1. The Morgan fingerprint density at radius 3 is 2.56 bits per heavy atom. The van der Waals surface area contributed by atoms with Gasteiger partial charge in [0.15, 0.2) is 17.5 Å². The molecule has 0 unspecified atom stereocenters. The monoisotopic (exact) mass is 363 g/mol. The van der Waals surface area contributed by atoms with Crippen LogP contribution in [0.3, 0.4) is 0 Å². The van der Waals surface area contributed by atoms with Crippen LogP contribution in [0.15, 0.2) is 35.6 Å². The Kier molecular flexibility index (Phi) is 5.37. The fraction of sp³-hybridized carbons (Fsp3) is 0.353. The minimum absolute atomic E-state index is 0.191. The zero-order valence-corrected chi connectivity index (χ0v) is 14.6. The van der Waals surface area contributed by atoms with Crippen LogP contribution in [0.25, 0.3) is 5.69 Å². The van der Waals surface area contributed by atoms with E-state index in [9.17, 15) is 14.0 Å². The van der Waals surface area contributed by atoms with Crippen molar-refractivity contribution in [1.82, 2.24) is 14.5 Å². The highest BCUT2D eigenvalue weighted by Crippen LogP contribution is 2.22. The third kappa shape index (κ3) is 3.84. The Labute approximate surface area is 149 Å². The number of carbonyl (C=O) groups excluding carboxylic acids is 2. The lowest BCUT2D eigenvalue weighted by molar-refractivity contribution is -0.133. The number of ether oxygens (including phenoxy) is 1. The number of nitrogens with zero attached hydrogens (tertiary/aromatic N) is 3.